The summed E-state index contributed by atoms with van der Waals surface area (Å²) in [5.74, 6) is -0.282. The number of nitrogens with zero attached hydrogens (tertiary/aromatic N) is 2. The van der Waals surface area contributed by atoms with E-state index in [1.165, 1.54) is 4.57 Å². The molecule has 0 aliphatic carbocycles. The lowest BCUT2D eigenvalue weighted by atomic mass is 10.2. The van der Waals surface area contributed by atoms with Gasteiger partial charge in [0, 0.05) is 11.6 Å². The highest BCUT2D eigenvalue weighted by Gasteiger charge is 2.22. The quantitative estimate of drug-likeness (QED) is 0.692. The van der Waals surface area contributed by atoms with E-state index in [-0.39, 0.29) is 12.5 Å². The number of amides is 1. The summed E-state index contributed by atoms with van der Waals surface area (Å²) in [5.41, 5.74) is 0.233. The number of hydrogen-bond acceptors (Lipinski definition) is 3. The van der Waals surface area contributed by atoms with E-state index in [2.05, 4.69) is 5.32 Å². The third-order valence-corrected chi connectivity index (χ3v) is 4.87. The molecular formula is C21H22ClN3O3. The van der Waals surface area contributed by atoms with E-state index in [9.17, 15) is 14.4 Å². The maximum atomic E-state index is 13.2. The Labute approximate surface area is 167 Å². The lowest BCUT2D eigenvalue weighted by molar-refractivity contribution is -0.123. The van der Waals surface area contributed by atoms with Gasteiger partial charge in [0.25, 0.3) is 5.56 Å². The van der Waals surface area contributed by atoms with Crippen molar-refractivity contribution in [2.75, 3.05) is 6.54 Å². The summed E-state index contributed by atoms with van der Waals surface area (Å²) in [6.45, 7) is 4.23. The van der Waals surface area contributed by atoms with E-state index < -0.39 is 17.3 Å². The minimum Gasteiger partial charge on any atom is -0.354 e. The average molecular weight is 400 g/mol. The number of halogens is 1. The largest absolute Gasteiger partial charge is 0.354 e. The minimum absolute atomic E-state index is 0.125. The molecule has 0 radical (unpaired) electrons. The SMILES string of the molecule is CCCNC(=O)C(C)n1c(=O)n(Cc2ccccc2)c(=O)c2ccc(Cl)cc21. The molecule has 3 rings (SSSR count). The summed E-state index contributed by atoms with van der Waals surface area (Å²) in [7, 11) is 0. The number of carbonyl (C=O) groups is 1. The Bertz CT molecular complexity index is 1120. The van der Waals surface area contributed by atoms with Crippen LogP contribution in [0.2, 0.25) is 5.02 Å². The Morgan fingerprint density at radius 2 is 1.86 bits per heavy atom. The highest BCUT2D eigenvalue weighted by Crippen LogP contribution is 2.19. The summed E-state index contributed by atoms with van der Waals surface area (Å²) >= 11 is 6.11. The first-order chi connectivity index (χ1) is 13.4. The molecule has 7 heteroatoms. The average Bonchev–Trinajstić information content (AvgIpc) is 2.69. The zero-order valence-corrected chi connectivity index (χ0v) is 16.6. The fraction of sp³-hybridized carbons (Fsp3) is 0.286. The molecule has 1 heterocycles. The van der Waals surface area contributed by atoms with Crippen LogP contribution in [0.4, 0.5) is 0 Å². The van der Waals surface area contributed by atoms with Gasteiger partial charge in [0.05, 0.1) is 17.4 Å². The maximum absolute atomic E-state index is 13.2. The van der Waals surface area contributed by atoms with Gasteiger partial charge in [-0.3, -0.25) is 18.7 Å². The second-order valence-electron chi connectivity index (χ2n) is 6.66. The van der Waals surface area contributed by atoms with Gasteiger partial charge in [-0.2, -0.15) is 0 Å². The van der Waals surface area contributed by atoms with Gasteiger partial charge in [-0.25, -0.2) is 4.79 Å². The second-order valence-corrected chi connectivity index (χ2v) is 7.09. The lowest BCUT2D eigenvalue weighted by Gasteiger charge is -2.19. The molecule has 1 aromatic heterocycles. The molecule has 28 heavy (non-hydrogen) atoms. The van der Waals surface area contributed by atoms with Crippen LogP contribution in [0, 0.1) is 0 Å². The second kappa shape index (κ2) is 8.44. The van der Waals surface area contributed by atoms with Crippen molar-refractivity contribution in [3.63, 3.8) is 0 Å². The highest BCUT2D eigenvalue weighted by molar-refractivity contribution is 6.31. The number of carbonyl (C=O) groups excluding carboxylic acids is 1. The van der Waals surface area contributed by atoms with Crippen molar-refractivity contribution >= 4 is 28.4 Å². The van der Waals surface area contributed by atoms with Crippen molar-refractivity contribution in [3.8, 4) is 0 Å². The Morgan fingerprint density at radius 1 is 1.14 bits per heavy atom. The lowest BCUT2D eigenvalue weighted by Crippen LogP contribution is -2.44. The number of benzene rings is 2. The summed E-state index contributed by atoms with van der Waals surface area (Å²) in [4.78, 5) is 38.8. The van der Waals surface area contributed by atoms with E-state index in [1.807, 2.05) is 37.3 Å². The van der Waals surface area contributed by atoms with Crippen molar-refractivity contribution in [2.24, 2.45) is 0 Å². The predicted molar refractivity (Wildman–Crippen MR) is 111 cm³/mol. The third kappa shape index (κ3) is 3.87. The first-order valence-electron chi connectivity index (χ1n) is 9.20. The summed E-state index contributed by atoms with van der Waals surface area (Å²) in [5, 5.41) is 3.54. The van der Waals surface area contributed by atoms with Crippen molar-refractivity contribution in [1.29, 1.82) is 0 Å². The van der Waals surface area contributed by atoms with Crippen LogP contribution in [0.3, 0.4) is 0 Å². The number of aromatic nitrogens is 2. The fourth-order valence-corrected chi connectivity index (χ4v) is 3.31. The maximum Gasteiger partial charge on any atom is 0.332 e. The summed E-state index contributed by atoms with van der Waals surface area (Å²) in [6.07, 6.45) is 0.785. The number of fused-ring (bicyclic) bond motifs is 1. The summed E-state index contributed by atoms with van der Waals surface area (Å²) < 4.78 is 2.51. The molecule has 0 spiro atoms. The van der Waals surface area contributed by atoms with Gasteiger partial charge in [0.15, 0.2) is 0 Å². The normalized spacial score (nSPS) is 12.1. The van der Waals surface area contributed by atoms with Gasteiger partial charge in [0.1, 0.15) is 6.04 Å². The third-order valence-electron chi connectivity index (χ3n) is 4.63. The zero-order valence-electron chi connectivity index (χ0n) is 15.8. The highest BCUT2D eigenvalue weighted by atomic mass is 35.5. The van der Waals surface area contributed by atoms with Crippen molar-refractivity contribution in [3.05, 3.63) is 80.0 Å². The van der Waals surface area contributed by atoms with E-state index in [1.54, 1.807) is 25.1 Å². The predicted octanol–water partition coefficient (Wildman–Crippen LogP) is 2.95. The van der Waals surface area contributed by atoms with Gasteiger partial charge in [-0.15, -0.1) is 0 Å². The van der Waals surface area contributed by atoms with Gasteiger partial charge in [0.2, 0.25) is 5.91 Å². The Morgan fingerprint density at radius 3 is 2.54 bits per heavy atom. The van der Waals surface area contributed by atoms with E-state index in [0.717, 1.165) is 16.6 Å². The van der Waals surface area contributed by atoms with E-state index in [0.29, 0.717) is 22.5 Å². The van der Waals surface area contributed by atoms with Gasteiger partial charge in [-0.05, 0) is 37.1 Å². The Balaban J connectivity index is 2.23. The van der Waals surface area contributed by atoms with E-state index >= 15 is 0 Å². The molecule has 2 aromatic carbocycles. The number of nitrogens with one attached hydrogen (secondary N) is 1. The molecule has 0 fully saturated rings. The van der Waals surface area contributed by atoms with E-state index in [4.69, 9.17) is 11.6 Å². The molecule has 0 aliphatic rings. The molecular weight excluding hydrogens is 378 g/mol. The Kier molecular flexibility index (Phi) is 5.99. The van der Waals surface area contributed by atoms with Crippen LogP contribution in [-0.4, -0.2) is 21.6 Å². The standard InChI is InChI=1S/C21H22ClN3O3/c1-3-11-23-19(26)14(2)25-18-12-16(22)9-10-17(18)20(27)24(21(25)28)13-15-7-5-4-6-8-15/h4-10,12,14H,3,11,13H2,1-2H3,(H,23,26). The van der Waals surface area contributed by atoms with Crippen LogP contribution >= 0.6 is 11.6 Å². The first kappa shape index (κ1) is 19.9. The molecule has 3 aromatic rings. The number of rotatable bonds is 6. The monoisotopic (exact) mass is 399 g/mol. The molecule has 1 amide bonds. The molecule has 1 unspecified atom stereocenters. The van der Waals surface area contributed by atoms with Crippen molar-refractivity contribution in [1.82, 2.24) is 14.5 Å². The summed E-state index contributed by atoms with van der Waals surface area (Å²) in [6, 6.07) is 13.2. The van der Waals surface area contributed by atoms with Gasteiger partial charge >= 0.3 is 5.69 Å². The van der Waals surface area contributed by atoms with Crippen molar-refractivity contribution in [2.45, 2.75) is 32.9 Å². The fourth-order valence-electron chi connectivity index (χ4n) is 3.14. The van der Waals surface area contributed by atoms with Crippen LogP contribution in [0.25, 0.3) is 10.9 Å². The topological polar surface area (TPSA) is 73.1 Å². The van der Waals surface area contributed by atoms with Crippen LogP contribution in [0.5, 0.6) is 0 Å². The minimum atomic E-state index is -0.789. The molecule has 0 aliphatic heterocycles. The first-order valence-corrected chi connectivity index (χ1v) is 9.58. The van der Waals surface area contributed by atoms with Gasteiger partial charge in [-0.1, -0.05) is 48.9 Å². The van der Waals surface area contributed by atoms with Crippen LogP contribution in [0.15, 0.2) is 58.1 Å². The van der Waals surface area contributed by atoms with Gasteiger partial charge < -0.3 is 5.32 Å². The van der Waals surface area contributed by atoms with Crippen molar-refractivity contribution < 1.29 is 4.79 Å². The van der Waals surface area contributed by atoms with Crippen LogP contribution in [0.1, 0.15) is 31.9 Å². The van der Waals surface area contributed by atoms with Crippen LogP contribution in [-0.2, 0) is 11.3 Å². The smallest absolute Gasteiger partial charge is 0.332 e. The molecule has 0 bridgehead atoms. The molecule has 6 nitrogen and oxygen atoms in total. The molecule has 146 valence electrons. The number of hydrogen-bond donors (Lipinski definition) is 1. The molecule has 0 saturated carbocycles. The molecule has 1 N–H and O–H groups in total. The Hall–Kier alpha value is -2.86. The molecule has 1 atom stereocenters. The van der Waals surface area contributed by atoms with Crippen LogP contribution < -0.4 is 16.6 Å². The zero-order chi connectivity index (χ0) is 20.3. The molecule has 0 saturated heterocycles.